The van der Waals surface area contributed by atoms with Crippen LogP contribution in [0.3, 0.4) is 0 Å². The minimum Gasteiger partial charge on any atom is -0.382 e. The summed E-state index contributed by atoms with van der Waals surface area (Å²) in [6, 6.07) is 18.3. The highest BCUT2D eigenvalue weighted by Crippen LogP contribution is 2.51. The summed E-state index contributed by atoms with van der Waals surface area (Å²) in [6.45, 7) is 3.69. The van der Waals surface area contributed by atoms with Gasteiger partial charge in [0.05, 0.1) is 6.04 Å². The van der Waals surface area contributed by atoms with Crippen molar-refractivity contribution in [2.24, 2.45) is 0 Å². The van der Waals surface area contributed by atoms with E-state index in [9.17, 15) is 5.11 Å². The van der Waals surface area contributed by atoms with Gasteiger partial charge in [-0.1, -0.05) is 59.6 Å². The van der Waals surface area contributed by atoms with Gasteiger partial charge in [0.2, 0.25) is 0 Å². The highest BCUT2D eigenvalue weighted by Gasteiger charge is 2.52. The number of piperidine rings is 1. The van der Waals surface area contributed by atoms with Crippen molar-refractivity contribution in [3.05, 3.63) is 87.8 Å². The van der Waals surface area contributed by atoms with Gasteiger partial charge in [0, 0.05) is 54.5 Å². The van der Waals surface area contributed by atoms with Crippen LogP contribution in [-0.2, 0) is 5.60 Å². The second-order valence-corrected chi connectivity index (χ2v) is 11.0. The van der Waals surface area contributed by atoms with Crippen molar-refractivity contribution < 1.29 is 5.11 Å². The molecule has 1 aromatic heterocycles. The molecular formula is C28H31Cl2N5O. The highest BCUT2D eigenvalue weighted by atomic mass is 35.5. The van der Waals surface area contributed by atoms with Crippen molar-refractivity contribution in [3.63, 3.8) is 0 Å². The van der Waals surface area contributed by atoms with Crippen LogP contribution in [0.25, 0.3) is 0 Å². The van der Waals surface area contributed by atoms with Crippen molar-refractivity contribution in [3.8, 4) is 0 Å². The van der Waals surface area contributed by atoms with Gasteiger partial charge in [-0.2, -0.15) is 0 Å². The quantitative estimate of drug-likeness (QED) is 0.500. The molecule has 2 bridgehead atoms. The van der Waals surface area contributed by atoms with Crippen LogP contribution in [0.4, 0.5) is 5.82 Å². The zero-order valence-corrected chi connectivity index (χ0v) is 21.7. The Bertz CT molecular complexity index is 1170. The van der Waals surface area contributed by atoms with Gasteiger partial charge in [-0.05, 0) is 55.0 Å². The Morgan fingerprint density at radius 3 is 2.06 bits per heavy atom. The van der Waals surface area contributed by atoms with Crippen LogP contribution >= 0.6 is 23.2 Å². The summed E-state index contributed by atoms with van der Waals surface area (Å²) in [5, 5.41) is 16.8. The fourth-order valence-corrected chi connectivity index (χ4v) is 6.87. The summed E-state index contributed by atoms with van der Waals surface area (Å²) in [5.41, 5.74) is 1.04. The van der Waals surface area contributed by atoms with Crippen molar-refractivity contribution in [2.45, 2.75) is 49.4 Å². The van der Waals surface area contributed by atoms with Gasteiger partial charge in [0.15, 0.2) is 5.82 Å². The maximum Gasteiger partial charge on any atom is 0.162 e. The molecule has 3 saturated heterocycles. The van der Waals surface area contributed by atoms with Crippen LogP contribution in [0.5, 0.6) is 0 Å². The first kappa shape index (κ1) is 24.1. The molecular weight excluding hydrogens is 493 g/mol. The molecule has 0 amide bonds. The normalized spacial score (nSPS) is 26.5. The predicted octanol–water partition coefficient (Wildman–Crippen LogP) is 4.80. The van der Waals surface area contributed by atoms with Crippen LogP contribution in [0.1, 0.15) is 48.7 Å². The third-order valence-electron chi connectivity index (χ3n) is 8.02. The van der Waals surface area contributed by atoms with E-state index in [1.807, 2.05) is 42.5 Å². The number of hydrogen-bond donors (Lipinski definition) is 2. The number of hydrogen-bond acceptors (Lipinski definition) is 6. The number of nitrogens with one attached hydrogen (secondary N) is 1. The van der Waals surface area contributed by atoms with Crippen molar-refractivity contribution >= 4 is 29.0 Å². The number of benzene rings is 2. The minimum atomic E-state index is -1.06. The first-order valence-electron chi connectivity index (χ1n) is 12.8. The molecule has 3 aliphatic heterocycles. The Morgan fingerprint density at radius 1 is 0.889 bits per heavy atom. The number of piperazine rings is 1. The number of anilines is 1. The van der Waals surface area contributed by atoms with E-state index in [2.05, 4.69) is 32.2 Å². The average Bonchev–Trinajstić information content (AvgIpc) is 3.17. The van der Waals surface area contributed by atoms with Gasteiger partial charge in [-0.3, -0.25) is 4.90 Å². The Morgan fingerprint density at radius 2 is 1.47 bits per heavy atom. The minimum absolute atomic E-state index is 0.0810. The van der Waals surface area contributed by atoms with Crippen LogP contribution in [-0.4, -0.2) is 58.2 Å². The van der Waals surface area contributed by atoms with Gasteiger partial charge >= 0.3 is 0 Å². The van der Waals surface area contributed by atoms with E-state index in [-0.39, 0.29) is 18.1 Å². The smallest absolute Gasteiger partial charge is 0.162 e. The molecule has 8 heteroatoms. The molecule has 0 saturated carbocycles. The maximum absolute atomic E-state index is 12.0. The third kappa shape index (κ3) is 4.39. The topological polar surface area (TPSA) is 64.5 Å². The number of aliphatic hydroxyl groups is 1. The average molecular weight is 524 g/mol. The lowest BCUT2D eigenvalue weighted by Gasteiger charge is -2.47. The maximum atomic E-state index is 12.0. The first-order valence-corrected chi connectivity index (χ1v) is 13.6. The number of nitrogens with zero attached hydrogens (tertiary/aromatic N) is 4. The highest BCUT2D eigenvalue weighted by molar-refractivity contribution is 6.32. The number of halogens is 2. The van der Waals surface area contributed by atoms with E-state index in [1.165, 1.54) is 0 Å². The van der Waals surface area contributed by atoms with E-state index in [1.54, 1.807) is 6.20 Å². The van der Waals surface area contributed by atoms with E-state index in [4.69, 9.17) is 28.2 Å². The fourth-order valence-electron chi connectivity index (χ4n) is 6.39. The van der Waals surface area contributed by atoms with Crippen molar-refractivity contribution in [1.82, 2.24) is 20.2 Å². The Hall–Kier alpha value is -2.22. The van der Waals surface area contributed by atoms with E-state index < -0.39 is 5.60 Å². The lowest BCUT2D eigenvalue weighted by molar-refractivity contribution is -0.0712. The van der Waals surface area contributed by atoms with Crippen LogP contribution in [0.15, 0.2) is 60.8 Å². The molecule has 36 heavy (non-hydrogen) atoms. The fraction of sp³-hybridized carbons (Fsp3) is 0.429. The summed E-state index contributed by atoms with van der Waals surface area (Å²) >= 11 is 13.5. The predicted molar refractivity (Wildman–Crippen MR) is 144 cm³/mol. The van der Waals surface area contributed by atoms with Crippen LogP contribution in [0.2, 0.25) is 10.0 Å². The summed E-state index contributed by atoms with van der Waals surface area (Å²) < 4.78 is 0. The molecule has 1 unspecified atom stereocenters. The standard InChI is InChI=1S/C28H31Cl2N5O/c29-23-7-3-1-5-21(23)26(22-6-2-4-8-24(22)30)35-19-9-10-20(35)18-28(36,17-19)27-32-12-11-25(33-27)34-15-13-31-14-16-34/h1-8,11-12,19-20,26,31,36H,9-10,13-18H2/t19-,20+,28?. The zero-order chi connectivity index (χ0) is 24.7. The van der Waals surface area contributed by atoms with Crippen LogP contribution in [0, 0.1) is 0 Å². The molecule has 0 spiro atoms. The second kappa shape index (κ2) is 9.92. The van der Waals surface area contributed by atoms with Gasteiger partial charge in [-0.15, -0.1) is 0 Å². The molecule has 2 aromatic carbocycles. The summed E-state index contributed by atoms with van der Waals surface area (Å²) in [5.74, 6) is 1.44. The molecule has 0 aliphatic carbocycles. The first-order chi connectivity index (χ1) is 17.5. The van der Waals surface area contributed by atoms with Gasteiger partial charge in [0.25, 0.3) is 0 Å². The van der Waals surface area contributed by atoms with E-state index >= 15 is 0 Å². The van der Waals surface area contributed by atoms with E-state index in [0.29, 0.717) is 18.7 Å². The lowest BCUT2D eigenvalue weighted by atomic mass is 9.82. The SMILES string of the molecule is OC1(c2nccc(N3CCNCC3)n2)C[C@H]2CC[C@@H](C1)N2C(c1ccccc1Cl)c1ccccc1Cl. The molecule has 3 aromatic rings. The molecule has 3 atom stereocenters. The molecule has 188 valence electrons. The zero-order valence-electron chi connectivity index (χ0n) is 20.2. The van der Waals surface area contributed by atoms with Gasteiger partial charge in [-0.25, -0.2) is 9.97 Å². The Kier molecular flexibility index (Phi) is 6.65. The lowest BCUT2D eigenvalue weighted by Crippen LogP contribution is -2.51. The van der Waals surface area contributed by atoms with E-state index in [0.717, 1.165) is 66.0 Å². The molecule has 3 fully saturated rings. The second-order valence-electron chi connectivity index (χ2n) is 10.2. The largest absolute Gasteiger partial charge is 0.382 e. The monoisotopic (exact) mass is 523 g/mol. The summed E-state index contributed by atoms with van der Waals surface area (Å²) in [4.78, 5) is 14.3. The summed E-state index contributed by atoms with van der Waals surface area (Å²) in [7, 11) is 0. The van der Waals surface area contributed by atoms with Crippen LogP contribution < -0.4 is 10.2 Å². The molecule has 6 rings (SSSR count). The Labute approximate surface area is 222 Å². The van der Waals surface area contributed by atoms with Crippen molar-refractivity contribution in [2.75, 3.05) is 31.1 Å². The number of rotatable bonds is 5. The summed E-state index contributed by atoms with van der Waals surface area (Å²) in [6.07, 6.45) is 4.98. The third-order valence-corrected chi connectivity index (χ3v) is 8.71. The van der Waals surface area contributed by atoms with Crippen molar-refractivity contribution in [1.29, 1.82) is 0 Å². The number of aromatic nitrogens is 2. The molecule has 2 N–H and O–H groups in total. The van der Waals surface area contributed by atoms with Gasteiger partial charge < -0.3 is 15.3 Å². The Balaban J connectivity index is 1.34. The molecule has 6 nitrogen and oxygen atoms in total. The molecule has 4 heterocycles. The molecule has 0 radical (unpaired) electrons. The number of fused-ring (bicyclic) bond motifs is 2. The molecule has 3 aliphatic rings. The van der Waals surface area contributed by atoms with Gasteiger partial charge in [0.1, 0.15) is 11.4 Å².